The van der Waals surface area contributed by atoms with Crippen molar-refractivity contribution in [2.24, 2.45) is 5.41 Å². The molecule has 0 radical (unpaired) electrons. The Kier molecular flexibility index (Phi) is 13.8. The normalized spacial score (nSPS) is 23.0. The Morgan fingerprint density at radius 3 is 2.31 bits per heavy atom. The molecular formula is C55H64N11O11P. The van der Waals surface area contributed by atoms with E-state index in [4.69, 9.17) is 19.5 Å². The monoisotopic (exact) mass is 1090 g/mol. The molecule has 3 fully saturated rings. The Hall–Kier alpha value is -7.07. The van der Waals surface area contributed by atoms with E-state index in [0.717, 1.165) is 61.6 Å². The summed E-state index contributed by atoms with van der Waals surface area (Å²) in [4.78, 5) is 110. The number of ether oxygens (including phenoxy) is 1. The maximum Gasteiger partial charge on any atom is 0.471 e. The highest BCUT2D eigenvalue weighted by molar-refractivity contribution is 7.46. The first kappa shape index (κ1) is 53.0. The molecule has 78 heavy (non-hydrogen) atoms. The van der Waals surface area contributed by atoms with Gasteiger partial charge in [0.05, 0.1) is 36.2 Å². The van der Waals surface area contributed by atoms with Crippen LogP contribution < -0.4 is 24.8 Å². The van der Waals surface area contributed by atoms with Crippen LogP contribution in [0, 0.1) is 5.41 Å². The number of aromatic nitrogens is 4. The largest absolute Gasteiger partial charge is 0.480 e. The van der Waals surface area contributed by atoms with Crippen molar-refractivity contribution in [3.05, 3.63) is 101 Å². The molecule has 6 aliphatic rings. The van der Waals surface area contributed by atoms with Crippen LogP contribution in [0.2, 0.25) is 0 Å². The molecule has 1 aliphatic carbocycles. The van der Waals surface area contributed by atoms with Crippen molar-refractivity contribution in [1.82, 2.24) is 34.2 Å². The molecule has 5 atom stereocenters. The number of pyridine rings is 3. The van der Waals surface area contributed by atoms with Gasteiger partial charge in [0.2, 0.25) is 11.8 Å². The standard InChI is InChI=1S/C55H64N11O11P/c1-31-21-36(14-16-61(31)37-7-9-40-41(24-37)52(70)66(51(40)69)43-10-12-47(68)65(53(43)71)30-77-78(73,74)75)60-17-18-62(32(2)29-60)38-8-11-46(57-28-38)59-42-22-35(27-58-50(42)76-6)39-13-15-56-49(48(39)33(3)67)64-20-19-63-44(54(64)72)23-34-25-55(4,5)26-45(34)63/h7-9,11,13,15,22-24,27-28,31-33,36,43,67H,10,12,14,16-21,25-26,29-30H2,1-6H3,(H,57,59)(H2,73,74,75)/t31-,32-,33-,36?,43-/m0/s1. The third kappa shape index (κ3) is 9.72. The summed E-state index contributed by atoms with van der Waals surface area (Å²) in [5, 5.41) is 14.7. The van der Waals surface area contributed by atoms with Gasteiger partial charge in [-0.15, -0.1) is 0 Å². The average molecular weight is 1090 g/mol. The molecule has 5 amide bonds. The van der Waals surface area contributed by atoms with E-state index < -0.39 is 50.3 Å². The number of methoxy groups -OCH3 is 1. The van der Waals surface area contributed by atoms with Crippen LogP contribution in [0.3, 0.4) is 0 Å². The highest BCUT2D eigenvalue weighted by Gasteiger charge is 2.48. The molecule has 22 nitrogen and oxygen atoms in total. The van der Waals surface area contributed by atoms with Crippen molar-refractivity contribution in [3.63, 3.8) is 0 Å². The van der Waals surface area contributed by atoms with Crippen LogP contribution in [0.15, 0.2) is 67.1 Å². The Balaban J connectivity index is 0.717. The summed E-state index contributed by atoms with van der Waals surface area (Å²) >= 11 is 0. The minimum atomic E-state index is -5.01. The first-order valence-corrected chi connectivity index (χ1v) is 28.0. The van der Waals surface area contributed by atoms with Gasteiger partial charge in [0.25, 0.3) is 23.6 Å². The number of phosphoric acid groups is 1. The summed E-state index contributed by atoms with van der Waals surface area (Å²) in [5.41, 5.74) is 7.85. The number of hydrogen-bond acceptors (Lipinski definition) is 16. The number of fused-ring (bicyclic) bond motifs is 4. The van der Waals surface area contributed by atoms with Crippen molar-refractivity contribution in [2.45, 2.75) is 110 Å². The van der Waals surface area contributed by atoms with E-state index in [1.807, 2.05) is 36.5 Å². The van der Waals surface area contributed by atoms with Gasteiger partial charge in [0.1, 0.15) is 35.8 Å². The fourth-order valence-electron chi connectivity index (χ4n) is 12.7. The number of nitrogens with one attached hydrogen (secondary N) is 1. The summed E-state index contributed by atoms with van der Waals surface area (Å²) in [6.07, 6.45) is 7.55. The molecule has 3 saturated heterocycles. The lowest BCUT2D eigenvalue weighted by Crippen LogP contribution is -2.58. The van der Waals surface area contributed by atoms with Crippen LogP contribution in [-0.4, -0.2) is 149 Å². The molecule has 4 aromatic heterocycles. The summed E-state index contributed by atoms with van der Waals surface area (Å²) in [5.74, 6) is -1.77. The van der Waals surface area contributed by atoms with Gasteiger partial charge in [-0.2, -0.15) is 0 Å². The molecule has 0 saturated carbocycles. The number of phosphoric ester groups is 1. The zero-order chi connectivity index (χ0) is 55.1. The quantitative estimate of drug-likeness (QED) is 0.0817. The first-order valence-electron chi connectivity index (χ1n) is 26.5. The highest BCUT2D eigenvalue weighted by atomic mass is 31.2. The first-order chi connectivity index (χ1) is 37.2. The molecule has 4 N–H and O–H groups in total. The van der Waals surface area contributed by atoms with Crippen LogP contribution >= 0.6 is 7.82 Å². The Morgan fingerprint density at radius 1 is 0.821 bits per heavy atom. The Bertz CT molecular complexity index is 3310. The number of benzene rings is 1. The molecule has 410 valence electrons. The molecule has 0 spiro atoms. The third-order valence-electron chi connectivity index (χ3n) is 16.4. The smallest absolute Gasteiger partial charge is 0.471 e. The van der Waals surface area contributed by atoms with Gasteiger partial charge < -0.3 is 39.3 Å². The number of rotatable bonds is 13. The van der Waals surface area contributed by atoms with Gasteiger partial charge in [0, 0.05) is 98.7 Å². The minimum absolute atomic E-state index is 0.0985. The van der Waals surface area contributed by atoms with Gasteiger partial charge >= 0.3 is 7.82 Å². The van der Waals surface area contributed by atoms with Crippen LogP contribution in [0.1, 0.15) is 114 Å². The second kappa shape index (κ2) is 20.3. The third-order valence-corrected chi connectivity index (χ3v) is 16.8. The number of nitrogens with zero attached hydrogens (tertiary/aromatic N) is 10. The zero-order valence-electron chi connectivity index (χ0n) is 44.5. The molecule has 0 bridgehead atoms. The van der Waals surface area contributed by atoms with Crippen LogP contribution in [0.5, 0.6) is 5.88 Å². The van der Waals surface area contributed by atoms with E-state index in [9.17, 15) is 33.6 Å². The highest BCUT2D eigenvalue weighted by Crippen LogP contribution is 2.43. The molecule has 23 heteroatoms. The number of piperidine rings is 2. The van der Waals surface area contributed by atoms with Gasteiger partial charge in [-0.1, -0.05) is 13.8 Å². The fraction of sp³-hybridized carbons (Fsp3) is 0.455. The molecule has 11 rings (SSSR count). The molecule has 9 heterocycles. The molecule has 5 aliphatic heterocycles. The van der Waals surface area contributed by atoms with Crippen molar-refractivity contribution in [3.8, 4) is 17.0 Å². The number of anilines is 5. The number of hydrogen-bond donors (Lipinski definition) is 4. The number of imide groups is 2. The number of aliphatic hydroxyl groups excluding tert-OH is 1. The van der Waals surface area contributed by atoms with Crippen molar-refractivity contribution < 1.29 is 52.7 Å². The predicted molar refractivity (Wildman–Crippen MR) is 287 cm³/mol. The topological polar surface area (TPSA) is 257 Å². The van der Waals surface area contributed by atoms with Gasteiger partial charge in [-0.05, 0) is 118 Å². The zero-order valence-corrected chi connectivity index (χ0v) is 45.4. The SMILES string of the molecule is COc1ncc(-c2ccnc(N3CCn4c(cc5c4CC(C)(C)C5)C3=O)c2[C@H](C)O)cc1Nc1ccc(N2CCN(C3CCN(c4ccc5c(c4)C(=O)N([C@H]4CCC(=O)N(COP(=O)(O)O)C4=O)C5=O)[C@@H](C)C3)C[C@@H]2C)cn1. The fourth-order valence-corrected chi connectivity index (χ4v) is 12.9. The second-order valence-corrected chi connectivity index (χ2v) is 23.4. The summed E-state index contributed by atoms with van der Waals surface area (Å²) in [6.45, 7) is 13.8. The Labute approximate surface area is 451 Å². The van der Waals surface area contributed by atoms with Gasteiger partial charge in [0.15, 0.2) is 0 Å². The lowest BCUT2D eigenvalue weighted by molar-refractivity contribution is -0.155. The van der Waals surface area contributed by atoms with Crippen LogP contribution in [0.25, 0.3) is 11.1 Å². The van der Waals surface area contributed by atoms with Gasteiger partial charge in [-0.3, -0.25) is 48.1 Å². The number of amides is 5. The van der Waals surface area contributed by atoms with E-state index in [1.165, 1.54) is 11.3 Å². The lowest BCUT2D eigenvalue weighted by atomic mass is 9.90. The number of carbonyl (C=O) groups is 5. The number of carbonyl (C=O) groups excluding carboxylic acids is 5. The molecule has 1 unspecified atom stereocenters. The van der Waals surface area contributed by atoms with E-state index in [0.29, 0.717) is 76.2 Å². The predicted octanol–water partition coefficient (Wildman–Crippen LogP) is 5.68. The van der Waals surface area contributed by atoms with E-state index in [1.54, 1.807) is 43.5 Å². The van der Waals surface area contributed by atoms with Crippen molar-refractivity contribution >= 4 is 66.1 Å². The van der Waals surface area contributed by atoms with Crippen LogP contribution in [-0.2, 0) is 38.1 Å². The average Bonchev–Trinajstić information content (AvgIpc) is 4.04. The van der Waals surface area contributed by atoms with E-state index >= 15 is 0 Å². The molecular weight excluding hydrogens is 1020 g/mol. The Morgan fingerprint density at radius 2 is 1.59 bits per heavy atom. The van der Waals surface area contributed by atoms with Crippen molar-refractivity contribution in [1.29, 1.82) is 0 Å². The van der Waals surface area contributed by atoms with Crippen LogP contribution in [0.4, 0.5) is 28.7 Å². The summed E-state index contributed by atoms with van der Waals surface area (Å²) in [7, 11) is -3.46. The van der Waals surface area contributed by atoms with Crippen molar-refractivity contribution in [2.75, 3.05) is 66.6 Å². The summed E-state index contributed by atoms with van der Waals surface area (Å²) in [6, 6.07) is 14.1. The second-order valence-electron chi connectivity index (χ2n) is 22.1. The number of likely N-dealkylation sites (tertiary alicyclic amines) is 1. The van der Waals surface area contributed by atoms with Gasteiger partial charge in [-0.25, -0.2) is 19.5 Å². The van der Waals surface area contributed by atoms with E-state index in [-0.39, 0.29) is 47.4 Å². The summed E-state index contributed by atoms with van der Waals surface area (Å²) < 4.78 is 23.5. The maximum absolute atomic E-state index is 14.1. The molecule has 5 aromatic rings. The molecule has 1 aromatic carbocycles. The van der Waals surface area contributed by atoms with E-state index in [2.05, 4.69) is 72.8 Å². The maximum atomic E-state index is 14.1. The number of aliphatic hydroxyl groups is 1. The lowest BCUT2D eigenvalue weighted by Gasteiger charge is -2.48. The number of piperazine rings is 1. The minimum Gasteiger partial charge on any atom is -0.480 e.